The average Bonchev–Trinajstić information content (AvgIpc) is 2.61. The van der Waals surface area contributed by atoms with Crippen molar-refractivity contribution in [3.63, 3.8) is 0 Å². The second kappa shape index (κ2) is 14.7. The van der Waals surface area contributed by atoms with Gasteiger partial charge in [0, 0.05) is 6.42 Å². The fourth-order valence-electron chi connectivity index (χ4n) is 2.86. The van der Waals surface area contributed by atoms with Gasteiger partial charge < -0.3 is 4.74 Å². The summed E-state index contributed by atoms with van der Waals surface area (Å²) >= 11 is 0. The normalized spacial score (nSPS) is 11.1. The van der Waals surface area contributed by atoms with E-state index in [2.05, 4.69) is 13.8 Å². The van der Waals surface area contributed by atoms with E-state index in [-0.39, 0.29) is 5.97 Å². The van der Waals surface area contributed by atoms with Gasteiger partial charge in [-0.3, -0.25) is 4.79 Å². The van der Waals surface area contributed by atoms with Crippen LogP contribution in [0.25, 0.3) is 6.08 Å². The number of esters is 1. The molecule has 0 radical (unpaired) electrons. The second-order valence-electron chi connectivity index (χ2n) is 6.99. The third kappa shape index (κ3) is 12.4. The third-order valence-electron chi connectivity index (χ3n) is 4.52. The van der Waals surface area contributed by atoms with Gasteiger partial charge in [-0.2, -0.15) is 0 Å². The molecule has 0 aromatic heterocycles. The van der Waals surface area contributed by atoms with Crippen LogP contribution in [-0.2, 0) is 9.53 Å². The Balaban J connectivity index is 1.92. The van der Waals surface area contributed by atoms with Gasteiger partial charge >= 0.3 is 5.97 Å². The smallest absolute Gasteiger partial charge is 0.310 e. The SMILES string of the molecule is CCCCCCCCCCCCCC(=O)O/C=C\c1ccc(C)cc1. The molecule has 1 aromatic rings. The average molecular weight is 345 g/mol. The van der Waals surface area contributed by atoms with Gasteiger partial charge in [-0.15, -0.1) is 0 Å². The van der Waals surface area contributed by atoms with Crippen LogP contribution in [0.3, 0.4) is 0 Å². The van der Waals surface area contributed by atoms with Crippen LogP contribution in [0.5, 0.6) is 0 Å². The third-order valence-corrected chi connectivity index (χ3v) is 4.52. The van der Waals surface area contributed by atoms with Crippen molar-refractivity contribution in [3.05, 3.63) is 41.7 Å². The van der Waals surface area contributed by atoms with E-state index in [4.69, 9.17) is 4.74 Å². The summed E-state index contributed by atoms with van der Waals surface area (Å²) in [6.45, 7) is 4.32. The Labute approximate surface area is 154 Å². The first-order valence-electron chi connectivity index (χ1n) is 10.1. The fourth-order valence-corrected chi connectivity index (χ4v) is 2.86. The zero-order valence-corrected chi connectivity index (χ0v) is 16.3. The van der Waals surface area contributed by atoms with E-state index >= 15 is 0 Å². The summed E-state index contributed by atoms with van der Waals surface area (Å²) in [5.74, 6) is -0.126. The molecule has 0 N–H and O–H groups in total. The zero-order chi connectivity index (χ0) is 18.2. The van der Waals surface area contributed by atoms with Crippen LogP contribution < -0.4 is 0 Å². The number of carbonyl (C=O) groups excluding carboxylic acids is 1. The molecule has 2 heteroatoms. The molecule has 0 saturated heterocycles. The molecule has 0 bridgehead atoms. The number of unbranched alkanes of at least 4 members (excludes halogenated alkanes) is 10. The quantitative estimate of drug-likeness (QED) is 0.202. The van der Waals surface area contributed by atoms with Crippen molar-refractivity contribution >= 4 is 12.0 Å². The molecule has 0 aliphatic carbocycles. The lowest BCUT2D eigenvalue weighted by Crippen LogP contribution is -1.98. The predicted octanol–water partition coefficient (Wildman–Crippen LogP) is 7.21. The van der Waals surface area contributed by atoms with Crippen molar-refractivity contribution in [1.82, 2.24) is 0 Å². The molecule has 0 saturated carbocycles. The molecule has 0 aliphatic heterocycles. The largest absolute Gasteiger partial charge is 0.434 e. The summed E-state index contributed by atoms with van der Waals surface area (Å²) in [7, 11) is 0. The van der Waals surface area contributed by atoms with Gasteiger partial charge in [0.1, 0.15) is 0 Å². The van der Waals surface area contributed by atoms with Crippen LogP contribution in [0.4, 0.5) is 0 Å². The second-order valence-corrected chi connectivity index (χ2v) is 6.99. The zero-order valence-electron chi connectivity index (χ0n) is 16.3. The minimum Gasteiger partial charge on any atom is -0.434 e. The Hall–Kier alpha value is -1.57. The Morgan fingerprint density at radius 1 is 0.840 bits per heavy atom. The first kappa shape index (κ1) is 21.5. The molecule has 0 aliphatic rings. The lowest BCUT2D eigenvalue weighted by atomic mass is 10.1. The van der Waals surface area contributed by atoms with Gasteiger partial charge in [-0.25, -0.2) is 0 Å². The maximum Gasteiger partial charge on any atom is 0.310 e. The van der Waals surface area contributed by atoms with Crippen LogP contribution in [0.2, 0.25) is 0 Å². The number of hydrogen-bond donors (Lipinski definition) is 0. The summed E-state index contributed by atoms with van der Waals surface area (Å²) in [6, 6.07) is 8.13. The van der Waals surface area contributed by atoms with Gasteiger partial charge in [0.25, 0.3) is 0 Å². The Kier molecular flexibility index (Phi) is 12.7. The molecule has 0 amide bonds. The molecular weight excluding hydrogens is 308 g/mol. The fraction of sp³-hybridized carbons (Fsp3) is 0.609. The highest BCUT2D eigenvalue weighted by Crippen LogP contribution is 2.12. The van der Waals surface area contributed by atoms with Crippen molar-refractivity contribution in [2.24, 2.45) is 0 Å². The van der Waals surface area contributed by atoms with Crippen molar-refractivity contribution in [2.75, 3.05) is 0 Å². The van der Waals surface area contributed by atoms with Crippen LogP contribution in [-0.4, -0.2) is 5.97 Å². The molecule has 140 valence electrons. The first-order valence-corrected chi connectivity index (χ1v) is 10.1. The van der Waals surface area contributed by atoms with E-state index < -0.39 is 0 Å². The van der Waals surface area contributed by atoms with Gasteiger partial charge in [-0.05, 0) is 25.0 Å². The topological polar surface area (TPSA) is 26.3 Å². The Morgan fingerprint density at radius 3 is 1.92 bits per heavy atom. The molecule has 0 heterocycles. The molecule has 2 nitrogen and oxygen atoms in total. The van der Waals surface area contributed by atoms with Gasteiger partial charge in [0.15, 0.2) is 0 Å². The first-order chi connectivity index (χ1) is 12.2. The van der Waals surface area contributed by atoms with E-state index in [9.17, 15) is 4.79 Å². The number of aryl methyl sites for hydroxylation is 1. The number of rotatable bonds is 14. The number of hydrogen-bond acceptors (Lipinski definition) is 2. The Bertz CT molecular complexity index is 473. The van der Waals surface area contributed by atoms with E-state index in [0.29, 0.717) is 6.42 Å². The highest BCUT2D eigenvalue weighted by atomic mass is 16.5. The molecule has 1 aromatic carbocycles. The Morgan fingerprint density at radius 2 is 1.36 bits per heavy atom. The predicted molar refractivity (Wildman–Crippen MR) is 107 cm³/mol. The number of carbonyl (C=O) groups is 1. The van der Waals surface area contributed by atoms with Gasteiger partial charge in [0.05, 0.1) is 6.26 Å². The van der Waals surface area contributed by atoms with E-state index in [1.807, 2.05) is 30.3 Å². The molecule has 0 unspecified atom stereocenters. The monoisotopic (exact) mass is 344 g/mol. The molecular formula is C23H36O2. The molecule has 25 heavy (non-hydrogen) atoms. The van der Waals surface area contributed by atoms with Crippen molar-refractivity contribution in [2.45, 2.75) is 90.9 Å². The van der Waals surface area contributed by atoms with Crippen LogP contribution in [0, 0.1) is 6.92 Å². The highest BCUT2D eigenvalue weighted by Gasteiger charge is 2.00. The van der Waals surface area contributed by atoms with Crippen LogP contribution in [0.1, 0.15) is 95.1 Å². The summed E-state index contributed by atoms with van der Waals surface area (Å²) in [5, 5.41) is 0. The van der Waals surface area contributed by atoms with Gasteiger partial charge in [-0.1, -0.05) is 101 Å². The standard InChI is InChI=1S/C23H36O2/c1-3-4-5-6-7-8-9-10-11-12-13-14-23(24)25-20-19-22-17-15-21(2)16-18-22/h15-20H,3-14H2,1-2H3/b20-19-. The molecule has 0 atom stereocenters. The van der Waals surface area contributed by atoms with E-state index in [1.165, 1.54) is 69.6 Å². The van der Waals surface area contributed by atoms with Crippen molar-refractivity contribution < 1.29 is 9.53 Å². The number of ether oxygens (including phenoxy) is 1. The summed E-state index contributed by atoms with van der Waals surface area (Å²) in [5.41, 5.74) is 2.28. The van der Waals surface area contributed by atoms with Crippen molar-refractivity contribution in [1.29, 1.82) is 0 Å². The molecule has 0 fully saturated rings. The summed E-state index contributed by atoms with van der Waals surface area (Å²) < 4.78 is 5.15. The summed E-state index contributed by atoms with van der Waals surface area (Å²) in [4.78, 5) is 11.7. The van der Waals surface area contributed by atoms with Crippen molar-refractivity contribution in [3.8, 4) is 0 Å². The van der Waals surface area contributed by atoms with Gasteiger partial charge in [0.2, 0.25) is 0 Å². The molecule has 1 rings (SSSR count). The summed E-state index contributed by atoms with van der Waals surface area (Å²) in [6.07, 6.45) is 18.1. The minimum atomic E-state index is -0.126. The molecule has 0 spiro atoms. The van der Waals surface area contributed by atoms with E-state index in [1.54, 1.807) is 0 Å². The van der Waals surface area contributed by atoms with Crippen LogP contribution >= 0.6 is 0 Å². The maximum absolute atomic E-state index is 11.7. The van der Waals surface area contributed by atoms with E-state index in [0.717, 1.165) is 18.4 Å². The maximum atomic E-state index is 11.7. The van der Waals surface area contributed by atoms with Crippen LogP contribution in [0.15, 0.2) is 30.5 Å². The highest BCUT2D eigenvalue weighted by molar-refractivity contribution is 5.70. The lowest BCUT2D eigenvalue weighted by Gasteiger charge is -2.02. The lowest BCUT2D eigenvalue weighted by molar-refractivity contribution is -0.138. The number of benzene rings is 1. The minimum absolute atomic E-state index is 0.126.